The van der Waals surface area contributed by atoms with Gasteiger partial charge in [-0.05, 0) is 42.9 Å². The van der Waals surface area contributed by atoms with E-state index in [-0.39, 0.29) is 23.9 Å². The fourth-order valence-corrected chi connectivity index (χ4v) is 4.05. The molecule has 0 unspecified atom stereocenters. The number of aryl methyl sites for hydroxylation is 1. The number of nitrogens with zero attached hydrogens (tertiary/aromatic N) is 1. The molecule has 0 saturated carbocycles. The van der Waals surface area contributed by atoms with Crippen LogP contribution in [0.5, 0.6) is 0 Å². The Bertz CT molecular complexity index is 803. The standard InChI is InChI=1S/C22H24N2O2/c1-15-6-8-16(9-7-15)14-24-20(10-11-21(24)25)22(26)23-19-12-17-4-2-3-5-18(17)13-19/h2-9,19-20H,10-14H2,1H3,(H,23,26)/t20-/m0/s1. The van der Waals surface area contributed by atoms with Crippen molar-refractivity contribution in [1.82, 2.24) is 10.2 Å². The van der Waals surface area contributed by atoms with Crippen molar-refractivity contribution >= 4 is 11.8 Å². The van der Waals surface area contributed by atoms with Crippen LogP contribution in [-0.2, 0) is 29.0 Å². The summed E-state index contributed by atoms with van der Waals surface area (Å²) in [5.74, 6) is 0.0567. The van der Waals surface area contributed by atoms with E-state index in [0.717, 1.165) is 18.4 Å². The van der Waals surface area contributed by atoms with Gasteiger partial charge in [-0.15, -0.1) is 0 Å². The first-order valence-electron chi connectivity index (χ1n) is 9.32. The van der Waals surface area contributed by atoms with Crippen LogP contribution in [0.2, 0.25) is 0 Å². The van der Waals surface area contributed by atoms with Crippen molar-refractivity contribution in [3.8, 4) is 0 Å². The molecule has 2 aliphatic rings. The van der Waals surface area contributed by atoms with Crippen molar-refractivity contribution in [3.05, 3.63) is 70.8 Å². The zero-order chi connectivity index (χ0) is 18.1. The Balaban J connectivity index is 1.41. The highest BCUT2D eigenvalue weighted by Crippen LogP contribution is 2.25. The van der Waals surface area contributed by atoms with Gasteiger partial charge in [-0.3, -0.25) is 9.59 Å². The third kappa shape index (κ3) is 3.36. The molecule has 0 bridgehead atoms. The largest absolute Gasteiger partial charge is 0.351 e. The molecule has 1 aliphatic heterocycles. The van der Waals surface area contributed by atoms with Crippen LogP contribution in [0.15, 0.2) is 48.5 Å². The average molecular weight is 348 g/mol. The Labute approximate surface area is 154 Å². The van der Waals surface area contributed by atoms with Crippen LogP contribution in [-0.4, -0.2) is 28.8 Å². The van der Waals surface area contributed by atoms with E-state index in [4.69, 9.17) is 0 Å². The van der Waals surface area contributed by atoms with Crippen LogP contribution in [0.1, 0.15) is 35.1 Å². The van der Waals surface area contributed by atoms with Crippen molar-refractivity contribution in [2.24, 2.45) is 0 Å². The van der Waals surface area contributed by atoms with Gasteiger partial charge in [0.25, 0.3) is 0 Å². The summed E-state index contributed by atoms with van der Waals surface area (Å²) in [5, 5.41) is 3.18. The second kappa shape index (κ2) is 6.94. The first kappa shape index (κ1) is 16.8. The quantitative estimate of drug-likeness (QED) is 0.924. The van der Waals surface area contributed by atoms with E-state index in [1.54, 1.807) is 4.90 Å². The molecule has 4 heteroatoms. The van der Waals surface area contributed by atoms with E-state index in [0.29, 0.717) is 19.4 Å². The van der Waals surface area contributed by atoms with Crippen LogP contribution in [0, 0.1) is 6.92 Å². The molecule has 1 saturated heterocycles. The van der Waals surface area contributed by atoms with Crippen molar-refractivity contribution < 1.29 is 9.59 Å². The summed E-state index contributed by atoms with van der Waals surface area (Å²) in [6, 6.07) is 16.3. The molecule has 1 heterocycles. The van der Waals surface area contributed by atoms with Gasteiger partial charge in [-0.2, -0.15) is 0 Å². The van der Waals surface area contributed by atoms with Gasteiger partial charge in [0.15, 0.2) is 0 Å². The van der Waals surface area contributed by atoms with E-state index < -0.39 is 0 Å². The minimum absolute atomic E-state index is 0.0132. The molecular formula is C22H24N2O2. The number of amides is 2. The number of likely N-dealkylation sites (tertiary alicyclic amines) is 1. The molecule has 2 aromatic rings. The summed E-state index contributed by atoms with van der Waals surface area (Å²) in [5.41, 5.74) is 4.89. The summed E-state index contributed by atoms with van der Waals surface area (Å²) in [6.45, 7) is 2.54. The first-order valence-corrected chi connectivity index (χ1v) is 9.32. The normalized spacial score (nSPS) is 19.7. The third-order valence-corrected chi connectivity index (χ3v) is 5.50. The third-order valence-electron chi connectivity index (χ3n) is 5.50. The number of rotatable bonds is 4. The fraction of sp³-hybridized carbons (Fsp3) is 0.364. The molecule has 1 aliphatic carbocycles. The second-order valence-corrected chi connectivity index (χ2v) is 7.44. The highest BCUT2D eigenvalue weighted by Gasteiger charge is 2.37. The van der Waals surface area contributed by atoms with Gasteiger partial charge in [-0.1, -0.05) is 54.1 Å². The molecule has 1 atom stereocenters. The van der Waals surface area contributed by atoms with Crippen LogP contribution in [0.4, 0.5) is 0 Å². The van der Waals surface area contributed by atoms with Gasteiger partial charge >= 0.3 is 0 Å². The lowest BCUT2D eigenvalue weighted by Crippen LogP contribution is -2.48. The van der Waals surface area contributed by atoms with Crippen LogP contribution in [0.3, 0.4) is 0 Å². The highest BCUT2D eigenvalue weighted by atomic mass is 16.2. The molecule has 0 spiro atoms. The Morgan fingerprint density at radius 3 is 2.38 bits per heavy atom. The van der Waals surface area contributed by atoms with E-state index in [9.17, 15) is 9.59 Å². The molecule has 1 N–H and O–H groups in total. The summed E-state index contributed by atoms with van der Waals surface area (Å²) >= 11 is 0. The predicted molar refractivity (Wildman–Crippen MR) is 101 cm³/mol. The van der Waals surface area contributed by atoms with Gasteiger partial charge < -0.3 is 10.2 Å². The zero-order valence-electron chi connectivity index (χ0n) is 15.1. The molecule has 0 aromatic heterocycles. The average Bonchev–Trinajstić information content (AvgIpc) is 3.20. The van der Waals surface area contributed by atoms with Gasteiger partial charge in [0.05, 0.1) is 0 Å². The van der Waals surface area contributed by atoms with Crippen LogP contribution < -0.4 is 5.32 Å². The lowest BCUT2D eigenvalue weighted by Gasteiger charge is -2.25. The number of carbonyl (C=O) groups excluding carboxylic acids is 2. The lowest BCUT2D eigenvalue weighted by atomic mass is 10.1. The van der Waals surface area contributed by atoms with E-state index in [1.807, 2.05) is 43.3 Å². The van der Waals surface area contributed by atoms with E-state index in [2.05, 4.69) is 17.4 Å². The number of carbonyl (C=O) groups is 2. The number of nitrogens with one attached hydrogen (secondary N) is 1. The molecule has 2 aromatic carbocycles. The van der Waals surface area contributed by atoms with E-state index >= 15 is 0 Å². The predicted octanol–water partition coefficient (Wildman–Crippen LogP) is 2.77. The maximum absolute atomic E-state index is 12.8. The molecule has 0 radical (unpaired) electrons. The van der Waals surface area contributed by atoms with Gasteiger partial charge in [0, 0.05) is 19.0 Å². The van der Waals surface area contributed by atoms with Crippen molar-refractivity contribution in [3.63, 3.8) is 0 Å². The molecule has 2 amide bonds. The number of hydrogen-bond acceptors (Lipinski definition) is 2. The summed E-state index contributed by atoms with van der Waals surface area (Å²) < 4.78 is 0. The minimum Gasteiger partial charge on any atom is -0.351 e. The molecule has 134 valence electrons. The maximum Gasteiger partial charge on any atom is 0.243 e. The Morgan fingerprint density at radius 2 is 1.73 bits per heavy atom. The first-order chi connectivity index (χ1) is 12.6. The molecule has 4 nitrogen and oxygen atoms in total. The molecule has 1 fully saturated rings. The van der Waals surface area contributed by atoms with Crippen LogP contribution in [0.25, 0.3) is 0 Å². The second-order valence-electron chi connectivity index (χ2n) is 7.44. The zero-order valence-corrected chi connectivity index (χ0v) is 15.1. The number of benzene rings is 2. The molecule has 4 rings (SSSR count). The minimum atomic E-state index is -0.354. The fourth-order valence-electron chi connectivity index (χ4n) is 4.05. The summed E-state index contributed by atoms with van der Waals surface area (Å²) in [4.78, 5) is 26.9. The number of hydrogen-bond donors (Lipinski definition) is 1. The van der Waals surface area contributed by atoms with Crippen molar-refractivity contribution in [1.29, 1.82) is 0 Å². The Kier molecular flexibility index (Phi) is 4.49. The summed E-state index contributed by atoms with van der Waals surface area (Å²) in [6.07, 6.45) is 2.81. The van der Waals surface area contributed by atoms with Crippen molar-refractivity contribution in [2.75, 3.05) is 0 Å². The van der Waals surface area contributed by atoms with E-state index in [1.165, 1.54) is 16.7 Å². The van der Waals surface area contributed by atoms with Gasteiger partial charge in [-0.25, -0.2) is 0 Å². The molecular weight excluding hydrogens is 324 g/mol. The van der Waals surface area contributed by atoms with Crippen molar-refractivity contribution in [2.45, 2.75) is 51.2 Å². The lowest BCUT2D eigenvalue weighted by molar-refractivity contribution is -0.136. The smallest absolute Gasteiger partial charge is 0.243 e. The highest BCUT2D eigenvalue weighted by molar-refractivity contribution is 5.91. The van der Waals surface area contributed by atoms with Gasteiger partial charge in [0.2, 0.25) is 11.8 Å². The topological polar surface area (TPSA) is 49.4 Å². The molecule has 26 heavy (non-hydrogen) atoms. The Hall–Kier alpha value is -2.62. The number of fused-ring (bicyclic) bond motifs is 1. The SMILES string of the molecule is Cc1ccc(CN2C(=O)CC[C@H]2C(=O)NC2Cc3ccccc3C2)cc1. The van der Waals surface area contributed by atoms with Crippen LogP contribution >= 0.6 is 0 Å². The Morgan fingerprint density at radius 1 is 1.08 bits per heavy atom. The van der Waals surface area contributed by atoms with Gasteiger partial charge in [0.1, 0.15) is 6.04 Å². The summed E-state index contributed by atoms with van der Waals surface area (Å²) in [7, 11) is 0. The monoisotopic (exact) mass is 348 g/mol. The maximum atomic E-state index is 12.8.